The van der Waals surface area contributed by atoms with Crippen LogP contribution in [0.15, 0.2) is 18.2 Å². The van der Waals surface area contributed by atoms with Gasteiger partial charge in [0, 0.05) is 18.5 Å². The van der Waals surface area contributed by atoms with Crippen molar-refractivity contribution < 1.29 is 4.74 Å². The highest BCUT2D eigenvalue weighted by Gasteiger charge is 2.14. The van der Waals surface area contributed by atoms with Gasteiger partial charge < -0.3 is 10.1 Å². The van der Waals surface area contributed by atoms with Crippen LogP contribution in [0.1, 0.15) is 24.5 Å². The molecule has 2 rings (SSSR count). The number of hydrogen-bond acceptors (Lipinski definition) is 2. The monoisotopic (exact) mass is 191 g/mol. The fourth-order valence-electron chi connectivity index (χ4n) is 1.82. The summed E-state index contributed by atoms with van der Waals surface area (Å²) in [6.07, 6.45) is 2.24. The van der Waals surface area contributed by atoms with Crippen molar-refractivity contribution in [3.05, 3.63) is 29.3 Å². The standard InChI is InChI=1S/C12H17NO/c1-2-7-13-9-11-5-3-4-10-6-8-14-12(10)11/h3-5,13H,2,6-9H2,1H3. The van der Waals surface area contributed by atoms with E-state index in [4.69, 9.17) is 4.74 Å². The molecule has 0 atom stereocenters. The zero-order valence-electron chi connectivity index (χ0n) is 8.68. The maximum absolute atomic E-state index is 5.62. The molecule has 14 heavy (non-hydrogen) atoms. The quantitative estimate of drug-likeness (QED) is 0.736. The number of hydrogen-bond donors (Lipinski definition) is 1. The van der Waals surface area contributed by atoms with Crippen LogP contribution in [-0.2, 0) is 13.0 Å². The molecule has 0 amide bonds. The van der Waals surface area contributed by atoms with Crippen LogP contribution in [-0.4, -0.2) is 13.2 Å². The molecule has 0 unspecified atom stereocenters. The lowest BCUT2D eigenvalue weighted by Gasteiger charge is -2.08. The van der Waals surface area contributed by atoms with E-state index >= 15 is 0 Å². The number of nitrogens with one attached hydrogen (secondary N) is 1. The molecule has 2 nitrogen and oxygen atoms in total. The maximum Gasteiger partial charge on any atom is 0.127 e. The normalized spacial score (nSPS) is 13.8. The van der Waals surface area contributed by atoms with Crippen molar-refractivity contribution in [3.8, 4) is 5.75 Å². The molecule has 1 aliphatic rings. The van der Waals surface area contributed by atoms with Gasteiger partial charge in [-0.3, -0.25) is 0 Å². The van der Waals surface area contributed by atoms with E-state index in [1.165, 1.54) is 17.5 Å². The average molecular weight is 191 g/mol. The molecule has 1 aliphatic heterocycles. The van der Waals surface area contributed by atoms with Gasteiger partial charge in [0.2, 0.25) is 0 Å². The Morgan fingerprint density at radius 2 is 2.36 bits per heavy atom. The molecule has 76 valence electrons. The van der Waals surface area contributed by atoms with Gasteiger partial charge >= 0.3 is 0 Å². The summed E-state index contributed by atoms with van der Waals surface area (Å²) >= 11 is 0. The topological polar surface area (TPSA) is 21.3 Å². The van der Waals surface area contributed by atoms with E-state index in [1.54, 1.807) is 0 Å². The van der Waals surface area contributed by atoms with Crippen molar-refractivity contribution in [2.75, 3.05) is 13.2 Å². The Kier molecular flexibility index (Phi) is 3.04. The van der Waals surface area contributed by atoms with Gasteiger partial charge in [0.15, 0.2) is 0 Å². The van der Waals surface area contributed by atoms with Crippen LogP contribution in [0, 0.1) is 0 Å². The second kappa shape index (κ2) is 4.47. The lowest BCUT2D eigenvalue weighted by molar-refractivity contribution is 0.352. The molecule has 0 radical (unpaired) electrons. The van der Waals surface area contributed by atoms with Crippen molar-refractivity contribution in [2.24, 2.45) is 0 Å². The zero-order chi connectivity index (χ0) is 9.80. The molecule has 1 heterocycles. The summed E-state index contributed by atoms with van der Waals surface area (Å²) in [6.45, 7) is 5.03. The fraction of sp³-hybridized carbons (Fsp3) is 0.500. The molecule has 0 bridgehead atoms. The molecule has 0 saturated heterocycles. The Hall–Kier alpha value is -1.02. The summed E-state index contributed by atoms with van der Waals surface area (Å²) in [5.41, 5.74) is 2.66. The first-order valence-corrected chi connectivity index (χ1v) is 5.36. The van der Waals surface area contributed by atoms with Gasteiger partial charge in [-0.1, -0.05) is 25.1 Å². The van der Waals surface area contributed by atoms with Gasteiger partial charge in [-0.05, 0) is 18.5 Å². The lowest BCUT2D eigenvalue weighted by atomic mass is 10.1. The van der Waals surface area contributed by atoms with Crippen molar-refractivity contribution in [2.45, 2.75) is 26.3 Å². The van der Waals surface area contributed by atoms with Gasteiger partial charge in [0.05, 0.1) is 6.61 Å². The molecule has 0 fully saturated rings. The fourth-order valence-corrected chi connectivity index (χ4v) is 1.82. The third kappa shape index (κ3) is 1.90. The summed E-state index contributed by atoms with van der Waals surface area (Å²) in [7, 11) is 0. The van der Waals surface area contributed by atoms with Crippen LogP contribution in [0.3, 0.4) is 0 Å². The summed E-state index contributed by atoms with van der Waals surface area (Å²) < 4.78 is 5.62. The Bertz CT molecular complexity index is 309. The molecule has 1 aromatic carbocycles. The predicted molar refractivity (Wildman–Crippen MR) is 57.6 cm³/mol. The second-order valence-corrected chi connectivity index (χ2v) is 3.68. The van der Waals surface area contributed by atoms with Crippen molar-refractivity contribution in [1.82, 2.24) is 5.32 Å². The summed E-state index contributed by atoms with van der Waals surface area (Å²) in [4.78, 5) is 0. The highest BCUT2D eigenvalue weighted by molar-refractivity contribution is 5.43. The smallest absolute Gasteiger partial charge is 0.127 e. The SMILES string of the molecule is CCCNCc1cccc2c1OCC2. The largest absolute Gasteiger partial charge is 0.493 e. The minimum absolute atomic E-state index is 0.847. The Morgan fingerprint density at radius 3 is 3.21 bits per heavy atom. The van der Waals surface area contributed by atoms with E-state index in [1.807, 2.05) is 0 Å². The first kappa shape index (κ1) is 9.53. The minimum Gasteiger partial charge on any atom is -0.493 e. The molecule has 0 saturated carbocycles. The molecule has 1 aromatic rings. The highest BCUT2D eigenvalue weighted by Crippen LogP contribution is 2.29. The molecule has 0 spiro atoms. The minimum atomic E-state index is 0.847. The summed E-state index contributed by atoms with van der Waals surface area (Å²) in [5.74, 6) is 1.12. The highest BCUT2D eigenvalue weighted by atomic mass is 16.5. The number of ether oxygens (including phenoxy) is 1. The molecule has 1 N–H and O–H groups in total. The van der Waals surface area contributed by atoms with Crippen LogP contribution in [0.4, 0.5) is 0 Å². The molecular weight excluding hydrogens is 174 g/mol. The Balaban J connectivity index is 2.06. The lowest BCUT2D eigenvalue weighted by Crippen LogP contribution is -2.14. The van der Waals surface area contributed by atoms with E-state index < -0.39 is 0 Å². The first-order valence-electron chi connectivity index (χ1n) is 5.36. The van der Waals surface area contributed by atoms with E-state index in [0.29, 0.717) is 0 Å². The number of rotatable bonds is 4. The third-order valence-electron chi connectivity index (χ3n) is 2.54. The van der Waals surface area contributed by atoms with Crippen LogP contribution in [0.2, 0.25) is 0 Å². The maximum atomic E-state index is 5.62. The van der Waals surface area contributed by atoms with Crippen molar-refractivity contribution in [1.29, 1.82) is 0 Å². The summed E-state index contributed by atoms with van der Waals surface area (Å²) in [6, 6.07) is 6.43. The Labute approximate surface area is 85.3 Å². The second-order valence-electron chi connectivity index (χ2n) is 3.68. The molecular formula is C12H17NO. The molecule has 2 heteroatoms. The van der Waals surface area contributed by atoms with E-state index in [-0.39, 0.29) is 0 Å². The van der Waals surface area contributed by atoms with Gasteiger partial charge in [-0.25, -0.2) is 0 Å². The first-order chi connectivity index (χ1) is 6.92. The van der Waals surface area contributed by atoms with E-state index in [0.717, 1.165) is 31.9 Å². The average Bonchev–Trinajstić information content (AvgIpc) is 2.67. The van der Waals surface area contributed by atoms with E-state index in [9.17, 15) is 0 Å². The number of benzene rings is 1. The Morgan fingerprint density at radius 1 is 1.43 bits per heavy atom. The van der Waals surface area contributed by atoms with Crippen LogP contribution in [0.25, 0.3) is 0 Å². The number of fused-ring (bicyclic) bond motifs is 1. The molecule has 0 aromatic heterocycles. The van der Waals surface area contributed by atoms with Crippen LogP contribution >= 0.6 is 0 Å². The van der Waals surface area contributed by atoms with E-state index in [2.05, 4.69) is 30.4 Å². The predicted octanol–water partition coefficient (Wildman–Crippen LogP) is 2.12. The zero-order valence-corrected chi connectivity index (χ0v) is 8.68. The summed E-state index contributed by atoms with van der Waals surface area (Å²) in [5, 5.41) is 3.40. The van der Waals surface area contributed by atoms with Gasteiger partial charge in [-0.2, -0.15) is 0 Å². The van der Waals surface area contributed by atoms with Crippen molar-refractivity contribution >= 4 is 0 Å². The van der Waals surface area contributed by atoms with Crippen LogP contribution in [0.5, 0.6) is 5.75 Å². The van der Waals surface area contributed by atoms with Gasteiger partial charge in [0.1, 0.15) is 5.75 Å². The number of para-hydroxylation sites is 1. The van der Waals surface area contributed by atoms with Gasteiger partial charge in [-0.15, -0.1) is 0 Å². The van der Waals surface area contributed by atoms with Crippen LogP contribution < -0.4 is 10.1 Å². The van der Waals surface area contributed by atoms with Gasteiger partial charge in [0.25, 0.3) is 0 Å². The third-order valence-corrected chi connectivity index (χ3v) is 2.54. The van der Waals surface area contributed by atoms with Crippen molar-refractivity contribution in [3.63, 3.8) is 0 Å². The molecule has 0 aliphatic carbocycles.